The number of aromatic hydroxyl groups is 1. The summed E-state index contributed by atoms with van der Waals surface area (Å²) < 4.78 is 57.0. The molecule has 0 spiro atoms. The topological polar surface area (TPSA) is 94.6 Å². The van der Waals surface area contributed by atoms with Gasteiger partial charge in [-0.15, -0.1) is 13.2 Å². The number of alkyl halides is 3. The van der Waals surface area contributed by atoms with E-state index in [0.717, 1.165) is 34.9 Å². The molecule has 0 bridgehead atoms. The highest BCUT2D eigenvalue weighted by Crippen LogP contribution is 2.38. The number of fused-ring (bicyclic) bond motifs is 1. The van der Waals surface area contributed by atoms with Gasteiger partial charge in [-0.25, -0.2) is 4.39 Å². The summed E-state index contributed by atoms with van der Waals surface area (Å²) in [5, 5.41) is 9.77. The Bertz CT molecular complexity index is 1180. The zero-order valence-corrected chi connectivity index (χ0v) is 17.2. The molecular weight excluding hydrogens is 432 g/mol. The highest BCUT2D eigenvalue weighted by molar-refractivity contribution is 6.05. The fourth-order valence-electron chi connectivity index (χ4n) is 3.81. The van der Waals surface area contributed by atoms with Gasteiger partial charge in [0.2, 0.25) is 5.91 Å². The van der Waals surface area contributed by atoms with Crippen LogP contribution in [0.5, 0.6) is 11.5 Å². The SMILES string of the molecule is CCCC(C(N)=O)c1c(C)n(C(=O)c2ccc(OC(F)(F)F)cc2)c2ccc(O)c(F)c12. The van der Waals surface area contributed by atoms with Crippen LogP contribution in [0.3, 0.4) is 0 Å². The van der Waals surface area contributed by atoms with Gasteiger partial charge in [0.25, 0.3) is 5.91 Å². The van der Waals surface area contributed by atoms with Crippen LogP contribution >= 0.6 is 0 Å². The number of halogens is 4. The number of benzene rings is 2. The maximum Gasteiger partial charge on any atom is 0.573 e. The molecule has 0 aliphatic rings. The Morgan fingerprint density at radius 3 is 2.31 bits per heavy atom. The third-order valence-electron chi connectivity index (χ3n) is 5.14. The van der Waals surface area contributed by atoms with E-state index in [9.17, 15) is 32.3 Å². The van der Waals surface area contributed by atoms with E-state index >= 15 is 0 Å². The van der Waals surface area contributed by atoms with Crippen molar-refractivity contribution in [1.29, 1.82) is 0 Å². The number of primary amides is 1. The molecule has 1 unspecified atom stereocenters. The van der Waals surface area contributed by atoms with Gasteiger partial charge in [-0.1, -0.05) is 13.3 Å². The van der Waals surface area contributed by atoms with Crippen LogP contribution < -0.4 is 10.5 Å². The molecule has 1 amide bonds. The highest BCUT2D eigenvalue weighted by Gasteiger charge is 2.32. The molecule has 170 valence electrons. The Morgan fingerprint density at radius 2 is 1.78 bits per heavy atom. The predicted molar refractivity (Wildman–Crippen MR) is 108 cm³/mol. The van der Waals surface area contributed by atoms with Gasteiger partial charge in [-0.05, 0) is 55.3 Å². The third-order valence-corrected chi connectivity index (χ3v) is 5.14. The van der Waals surface area contributed by atoms with Crippen LogP contribution in [-0.2, 0) is 4.79 Å². The van der Waals surface area contributed by atoms with Crippen molar-refractivity contribution >= 4 is 22.7 Å². The van der Waals surface area contributed by atoms with Crippen molar-refractivity contribution in [3.8, 4) is 11.5 Å². The van der Waals surface area contributed by atoms with E-state index in [0.29, 0.717) is 12.8 Å². The molecule has 10 heteroatoms. The lowest BCUT2D eigenvalue weighted by atomic mass is 9.91. The van der Waals surface area contributed by atoms with Crippen LogP contribution in [0.4, 0.5) is 17.6 Å². The summed E-state index contributed by atoms with van der Waals surface area (Å²) in [4.78, 5) is 25.4. The normalized spacial score (nSPS) is 12.7. The number of nitrogens with zero attached hydrogens (tertiary/aromatic N) is 1. The van der Waals surface area contributed by atoms with E-state index in [4.69, 9.17) is 5.73 Å². The number of nitrogens with two attached hydrogens (primary N) is 1. The first kappa shape index (κ1) is 23.1. The van der Waals surface area contributed by atoms with Crippen LogP contribution in [0.2, 0.25) is 0 Å². The van der Waals surface area contributed by atoms with Gasteiger partial charge in [0.05, 0.1) is 11.4 Å². The zero-order chi connectivity index (χ0) is 23.8. The second-order valence-corrected chi connectivity index (χ2v) is 7.25. The Morgan fingerprint density at radius 1 is 1.16 bits per heavy atom. The van der Waals surface area contributed by atoms with Crippen molar-refractivity contribution in [2.75, 3.05) is 0 Å². The smallest absolute Gasteiger partial charge is 0.505 e. The van der Waals surface area contributed by atoms with Gasteiger partial charge in [-0.2, -0.15) is 0 Å². The van der Waals surface area contributed by atoms with Crippen molar-refractivity contribution in [2.45, 2.75) is 39.0 Å². The average molecular weight is 452 g/mol. The molecule has 3 N–H and O–H groups in total. The van der Waals surface area contributed by atoms with Crippen molar-refractivity contribution in [1.82, 2.24) is 4.57 Å². The predicted octanol–water partition coefficient (Wildman–Crippen LogP) is 4.75. The van der Waals surface area contributed by atoms with E-state index in [1.54, 1.807) is 0 Å². The number of aromatic nitrogens is 1. The number of hydrogen-bond donors (Lipinski definition) is 2. The van der Waals surface area contributed by atoms with E-state index in [1.807, 2.05) is 6.92 Å². The van der Waals surface area contributed by atoms with Crippen LogP contribution in [0.15, 0.2) is 36.4 Å². The summed E-state index contributed by atoms with van der Waals surface area (Å²) in [7, 11) is 0. The lowest BCUT2D eigenvalue weighted by Crippen LogP contribution is -2.22. The van der Waals surface area contributed by atoms with Crippen molar-refractivity contribution in [2.24, 2.45) is 5.73 Å². The third kappa shape index (κ3) is 4.25. The van der Waals surface area contributed by atoms with Gasteiger partial charge < -0.3 is 15.6 Å². The number of phenols is 1. The highest BCUT2D eigenvalue weighted by atomic mass is 19.4. The molecule has 3 aromatic rings. The molecule has 1 atom stereocenters. The molecule has 6 nitrogen and oxygen atoms in total. The largest absolute Gasteiger partial charge is 0.573 e. The fraction of sp³-hybridized carbons (Fsp3) is 0.273. The number of amides is 1. The first-order chi connectivity index (χ1) is 15.0. The van der Waals surface area contributed by atoms with Crippen LogP contribution in [0.25, 0.3) is 10.9 Å². The Hall–Kier alpha value is -3.56. The quantitative estimate of drug-likeness (QED) is 0.528. The van der Waals surface area contributed by atoms with E-state index in [1.165, 1.54) is 13.0 Å². The van der Waals surface area contributed by atoms with E-state index in [-0.39, 0.29) is 27.7 Å². The molecule has 0 saturated heterocycles. The number of hydrogen-bond acceptors (Lipinski definition) is 4. The molecule has 32 heavy (non-hydrogen) atoms. The van der Waals surface area contributed by atoms with Crippen molar-refractivity contribution < 1.29 is 37.0 Å². The van der Waals surface area contributed by atoms with E-state index < -0.39 is 41.4 Å². The minimum atomic E-state index is -4.88. The maximum absolute atomic E-state index is 14.9. The Labute approximate surface area is 180 Å². The second kappa shape index (κ2) is 8.52. The summed E-state index contributed by atoms with van der Waals surface area (Å²) in [6, 6.07) is 6.65. The van der Waals surface area contributed by atoms with Crippen LogP contribution in [0, 0.1) is 12.7 Å². The summed E-state index contributed by atoms with van der Waals surface area (Å²) in [6.45, 7) is 3.32. The molecule has 1 heterocycles. The minimum Gasteiger partial charge on any atom is -0.505 e. The van der Waals surface area contributed by atoms with Crippen molar-refractivity contribution in [3.63, 3.8) is 0 Å². The average Bonchev–Trinajstić information content (AvgIpc) is 3.00. The molecule has 0 saturated carbocycles. The molecule has 0 aliphatic carbocycles. The fourth-order valence-corrected chi connectivity index (χ4v) is 3.81. The first-order valence-corrected chi connectivity index (χ1v) is 9.68. The molecule has 2 aromatic carbocycles. The minimum absolute atomic E-state index is 0.00525. The summed E-state index contributed by atoms with van der Waals surface area (Å²) in [5.74, 6) is -4.44. The molecule has 0 fully saturated rings. The molecule has 0 aliphatic heterocycles. The monoisotopic (exact) mass is 452 g/mol. The number of carbonyl (C=O) groups is 2. The summed E-state index contributed by atoms with van der Waals surface area (Å²) >= 11 is 0. The van der Waals surface area contributed by atoms with Crippen molar-refractivity contribution in [3.05, 3.63) is 59.0 Å². The molecular formula is C22H20F4N2O4. The maximum atomic E-state index is 14.9. The number of phenolic OH excluding ortho intramolecular Hbond substituents is 1. The van der Waals surface area contributed by atoms with Gasteiger partial charge in [0.1, 0.15) is 5.75 Å². The Kier molecular flexibility index (Phi) is 6.16. The van der Waals surface area contributed by atoms with Gasteiger partial charge in [0.15, 0.2) is 11.6 Å². The molecule has 3 rings (SSSR count). The second-order valence-electron chi connectivity index (χ2n) is 7.25. The number of carbonyl (C=O) groups excluding carboxylic acids is 2. The standard InChI is InChI=1S/C22H20F4N2O4/c1-3-4-14(20(27)30)17-11(2)28(15-9-10-16(29)19(23)18(15)17)21(31)12-5-7-13(8-6-12)32-22(24,25)26/h5-10,14,29H,3-4H2,1-2H3,(H2,27,30). The van der Waals surface area contributed by atoms with Crippen LogP contribution in [-0.4, -0.2) is 27.9 Å². The molecule has 0 radical (unpaired) electrons. The first-order valence-electron chi connectivity index (χ1n) is 9.68. The van der Waals surface area contributed by atoms with Gasteiger partial charge in [-0.3, -0.25) is 14.2 Å². The number of ether oxygens (including phenoxy) is 1. The lowest BCUT2D eigenvalue weighted by molar-refractivity contribution is -0.274. The molecule has 1 aromatic heterocycles. The van der Waals surface area contributed by atoms with Crippen LogP contribution in [0.1, 0.15) is 47.3 Å². The summed E-state index contributed by atoms with van der Waals surface area (Å²) in [6.07, 6.45) is -4.03. The van der Waals surface area contributed by atoms with Gasteiger partial charge in [0, 0.05) is 16.6 Å². The number of rotatable bonds is 6. The summed E-state index contributed by atoms with van der Waals surface area (Å²) in [5.41, 5.74) is 6.07. The zero-order valence-electron chi connectivity index (χ0n) is 17.2. The Balaban J connectivity index is 2.19. The van der Waals surface area contributed by atoms with E-state index in [2.05, 4.69) is 4.74 Å². The lowest BCUT2D eigenvalue weighted by Gasteiger charge is -2.14. The van der Waals surface area contributed by atoms with Gasteiger partial charge >= 0.3 is 6.36 Å².